The summed E-state index contributed by atoms with van der Waals surface area (Å²) >= 11 is 1.67. The zero-order chi connectivity index (χ0) is 13.0. The summed E-state index contributed by atoms with van der Waals surface area (Å²) in [6, 6.07) is 3.10. The lowest BCUT2D eigenvalue weighted by Crippen LogP contribution is -2.10. The molecule has 0 aliphatic carbocycles. The number of halogens is 3. The molecule has 0 aliphatic rings. The number of hydrogen-bond donors (Lipinski definition) is 0. The minimum Gasteiger partial charge on any atom is -0.469 e. The monoisotopic (exact) mass is 352 g/mol. The lowest BCUT2D eigenvalue weighted by molar-refractivity contribution is -0.139. The van der Waals surface area contributed by atoms with E-state index in [1.54, 1.807) is 22.6 Å². The number of nitriles is 1. The van der Waals surface area contributed by atoms with Gasteiger partial charge in [-0.25, -0.2) is 13.8 Å². The van der Waals surface area contributed by atoms with E-state index in [0.29, 0.717) is 0 Å². The van der Waals surface area contributed by atoms with Crippen molar-refractivity contribution in [3.05, 3.63) is 26.6 Å². The number of hydrogen-bond acceptors (Lipinski definition) is 4. The van der Waals surface area contributed by atoms with Crippen LogP contribution in [0.1, 0.15) is 23.4 Å². The molecule has 17 heavy (non-hydrogen) atoms. The molecule has 0 unspecified atom stereocenters. The van der Waals surface area contributed by atoms with Crippen LogP contribution in [-0.2, 0) is 16.0 Å². The van der Waals surface area contributed by atoms with Crippen molar-refractivity contribution >= 4 is 28.6 Å². The number of methoxy groups -OCH3 is 1. The number of ether oxygens (including phenoxy) is 1. The average Bonchev–Trinajstić information content (AvgIpc) is 2.30. The number of carbonyl (C=O) groups excluding carboxylic acids is 1. The molecule has 0 aliphatic heterocycles. The van der Waals surface area contributed by atoms with Crippen molar-refractivity contribution in [3.63, 3.8) is 0 Å². The van der Waals surface area contributed by atoms with Crippen LogP contribution in [0.5, 0.6) is 0 Å². The van der Waals surface area contributed by atoms with E-state index in [4.69, 9.17) is 5.26 Å². The predicted octanol–water partition coefficient (Wildman–Crippen LogP) is 2.21. The summed E-state index contributed by atoms with van der Waals surface area (Å²) in [5.41, 5.74) is -0.317. The number of carbonyl (C=O) groups is 1. The van der Waals surface area contributed by atoms with Crippen LogP contribution in [0.2, 0.25) is 0 Å². The molecule has 0 amide bonds. The van der Waals surface area contributed by atoms with Gasteiger partial charge in [0.1, 0.15) is 11.8 Å². The molecule has 0 N–H and O–H groups in total. The van der Waals surface area contributed by atoms with Crippen LogP contribution >= 0.6 is 22.6 Å². The van der Waals surface area contributed by atoms with E-state index in [9.17, 15) is 13.6 Å². The number of rotatable bonds is 3. The molecule has 90 valence electrons. The van der Waals surface area contributed by atoms with E-state index in [-0.39, 0.29) is 21.2 Å². The number of alkyl halides is 2. The summed E-state index contributed by atoms with van der Waals surface area (Å²) in [7, 11) is 1.18. The van der Waals surface area contributed by atoms with Crippen LogP contribution in [0.3, 0.4) is 0 Å². The van der Waals surface area contributed by atoms with Gasteiger partial charge in [0.25, 0.3) is 6.43 Å². The Balaban J connectivity index is 3.23. The molecule has 4 nitrogen and oxygen atoms in total. The van der Waals surface area contributed by atoms with Gasteiger partial charge in [-0.3, -0.25) is 4.79 Å². The average molecular weight is 352 g/mol. The predicted molar refractivity (Wildman–Crippen MR) is 62.3 cm³/mol. The fourth-order valence-electron chi connectivity index (χ4n) is 1.14. The molecule has 0 bridgehead atoms. The normalized spacial score (nSPS) is 10.1. The van der Waals surface area contributed by atoms with Gasteiger partial charge in [-0.05, 0) is 28.7 Å². The Morgan fingerprint density at radius 3 is 2.82 bits per heavy atom. The van der Waals surface area contributed by atoms with Crippen LogP contribution in [0.25, 0.3) is 0 Å². The number of aromatic nitrogens is 1. The highest BCUT2D eigenvalue weighted by Crippen LogP contribution is 2.24. The van der Waals surface area contributed by atoms with Gasteiger partial charge < -0.3 is 4.74 Å². The topological polar surface area (TPSA) is 63.0 Å². The zero-order valence-electron chi connectivity index (χ0n) is 8.71. The summed E-state index contributed by atoms with van der Waals surface area (Å²) in [6.45, 7) is 0. The van der Waals surface area contributed by atoms with Gasteiger partial charge in [0.15, 0.2) is 0 Å². The molecule has 0 saturated heterocycles. The first-order chi connectivity index (χ1) is 7.99. The minimum absolute atomic E-state index is 0.00932. The summed E-state index contributed by atoms with van der Waals surface area (Å²) in [5, 5.41) is 8.83. The first-order valence-electron chi connectivity index (χ1n) is 4.44. The third-order valence-electron chi connectivity index (χ3n) is 1.95. The first-order valence-corrected chi connectivity index (χ1v) is 5.51. The van der Waals surface area contributed by atoms with Gasteiger partial charge in [0.2, 0.25) is 0 Å². The molecule has 1 aromatic rings. The Bertz CT molecular complexity index is 486. The zero-order valence-corrected chi connectivity index (χ0v) is 10.9. The standard InChI is InChI=1S/C10H7F2IN2O2/c1-17-8(16)3-7-5(4-14)2-6(13)9(15-7)10(11)12/h2,10H,3H2,1H3. The number of pyridine rings is 1. The summed E-state index contributed by atoms with van der Waals surface area (Å²) in [6.07, 6.45) is -3.04. The molecule has 1 heterocycles. The maximum atomic E-state index is 12.6. The second kappa shape index (κ2) is 5.86. The van der Waals surface area contributed by atoms with Gasteiger partial charge in [-0.2, -0.15) is 5.26 Å². The summed E-state index contributed by atoms with van der Waals surface area (Å²) < 4.78 is 29.8. The summed E-state index contributed by atoms with van der Waals surface area (Å²) in [4.78, 5) is 14.7. The van der Waals surface area contributed by atoms with Crippen molar-refractivity contribution in [2.75, 3.05) is 7.11 Å². The fraction of sp³-hybridized carbons (Fsp3) is 0.300. The Labute approximate surface area is 110 Å². The maximum absolute atomic E-state index is 12.6. The third-order valence-corrected chi connectivity index (χ3v) is 2.81. The SMILES string of the molecule is COC(=O)Cc1nc(C(F)F)c(I)cc1C#N. The highest BCUT2D eigenvalue weighted by molar-refractivity contribution is 14.1. The van der Waals surface area contributed by atoms with Crippen molar-refractivity contribution in [2.24, 2.45) is 0 Å². The molecule has 0 spiro atoms. The second-order valence-electron chi connectivity index (χ2n) is 3.02. The van der Waals surface area contributed by atoms with Gasteiger partial charge >= 0.3 is 5.97 Å². The van der Waals surface area contributed by atoms with E-state index in [1.807, 2.05) is 6.07 Å². The van der Waals surface area contributed by atoms with E-state index < -0.39 is 18.1 Å². The van der Waals surface area contributed by atoms with E-state index in [2.05, 4.69) is 9.72 Å². The van der Waals surface area contributed by atoms with Gasteiger partial charge in [0, 0.05) is 3.57 Å². The third kappa shape index (κ3) is 3.33. The lowest BCUT2D eigenvalue weighted by atomic mass is 10.1. The van der Waals surface area contributed by atoms with Crippen LogP contribution < -0.4 is 0 Å². The molecule has 1 rings (SSSR count). The lowest BCUT2D eigenvalue weighted by Gasteiger charge is -2.07. The molecular formula is C10H7F2IN2O2. The molecular weight excluding hydrogens is 345 g/mol. The highest BCUT2D eigenvalue weighted by atomic mass is 127. The molecule has 0 radical (unpaired) electrons. The van der Waals surface area contributed by atoms with Gasteiger partial charge in [0.05, 0.1) is 24.8 Å². The Morgan fingerprint density at radius 2 is 2.35 bits per heavy atom. The molecule has 0 fully saturated rings. The molecule has 0 aromatic carbocycles. The smallest absolute Gasteiger partial charge is 0.311 e. The Morgan fingerprint density at radius 1 is 1.71 bits per heavy atom. The van der Waals surface area contributed by atoms with Crippen molar-refractivity contribution in [2.45, 2.75) is 12.8 Å². The Hall–Kier alpha value is -1.30. The largest absolute Gasteiger partial charge is 0.469 e. The van der Waals surface area contributed by atoms with E-state index >= 15 is 0 Å². The second-order valence-corrected chi connectivity index (χ2v) is 4.18. The fourth-order valence-corrected chi connectivity index (χ4v) is 1.80. The van der Waals surface area contributed by atoms with E-state index in [0.717, 1.165) is 0 Å². The van der Waals surface area contributed by atoms with Crippen LogP contribution in [-0.4, -0.2) is 18.1 Å². The number of esters is 1. The molecule has 0 saturated carbocycles. The minimum atomic E-state index is -2.74. The summed E-state index contributed by atoms with van der Waals surface area (Å²) in [5.74, 6) is -0.629. The molecule has 7 heteroatoms. The first kappa shape index (κ1) is 13.8. The van der Waals surface area contributed by atoms with Crippen molar-refractivity contribution < 1.29 is 18.3 Å². The maximum Gasteiger partial charge on any atom is 0.311 e. The van der Waals surface area contributed by atoms with Crippen LogP contribution in [0.4, 0.5) is 8.78 Å². The van der Waals surface area contributed by atoms with E-state index in [1.165, 1.54) is 13.2 Å². The van der Waals surface area contributed by atoms with Crippen molar-refractivity contribution in [3.8, 4) is 6.07 Å². The van der Waals surface area contributed by atoms with Crippen molar-refractivity contribution in [1.29, 1.82) is 5.26 Å². The Kier molecular flexibility index (Phi) is 4.74. The number of nitrogens with zero attached hydrogens (tertiary/aromatic N) is 2. The van der Waals surface area contributed by atoms with Gasteiger partial charge in [-0.1, -0.05) is 0 Å². The molecule has 1 aromatic heterocycles. The highest BCUT2D eigenvalue weighted by Gasteiger charge is 2.19. The van der Waals surface area contributed by atoms with Crippen LogP contribution in [0.15, 0.2) is 6.07 Å². The quantitative estimate of drug-likeness (QED) is 0.618. The molecule has 0 atom stereocenters. The van der Waals surface area contributed by atoms with Gasteiger partial charge in [-0.15, -0.1) is 0 Å². The van der Waals surface area contributed by atoms with Crippen LogP contribution in [0, 0.1) is 14.9 Å². The van der Waals surface area contributed by atoms with Crippen molar-refractivity contribution in [1.82, 2.24) is 4.98 Å².